The molecule has 2 N–H and O–H groups in total. The van der Waals surface area contributed by atoms with Gasteiger partial charge in [-0.3, -0.25) is 4.79 Å². The van der Waals surface area contributed by atoms with Gasteiger partial charge in [0, 0.05) is 12.5 Å². The molecule has 0 fully saturated rings. The average molecular weight is 209 g/mol. The molecular weight excluding hydrogens is 192 g/mol. The van der Waals surface area contributed by atoms with Crippen LogP contribution in [0.1, 0.15) is 27.2 Å². The summed E-state index contributed by atoms with van der Waals surface area (Å²) in [6, 6.07) is 0. The molecule has 84 valence electrons. The van der Waals surface area contributed by atoms with E-state index in [-0.39, 0.29) is 13.0 Å². The number of hydrogen-bond donors (Lipinski definition) is 1. The molecule has 0 saturated carbocycles. The molecule has 0 aromatic rings. The van der Waals surface area contributed by atoms with Gasteiger partial charge in [-0.2, -0.15) is 0 Å². The van der Waals surface area contributed by atoms with Crippen molar-refractivity contribution in [3.05, 3.63) is 0 Å². The second kappa shape index (κ2) is 5.24. The van der Waals surface area contributed by atoms with Crippen LogP contribution in [0.25, 0.3) is 0 Å². The molecule has 0 unspecified atom stereocenters. The minimum Gasteiger partial charge on any atom is -0.460 e. The first-order chi connectivity index (χ1) is 6.26. The number of rotatable bonds is 4. The Morgan fingerprint density at radius 3 is 2.21 bits per heavy atom. The molecule has 0 aliphatic heterocycles. The van der Waals surface area contributed by atoms with Crippen LogP contribution in [0.3, 0.4) is 0 Å². The number of carbonyl (C=O) groups excluding carboxylic acids is 1. The molecule has 0 bridgehead atoms. The van der Waals surface area contributed by atoms with Gasteiger partial charge < -0.3 is 10.5 Å². The van der Waals surface area contributed by atoms with Crippen LogP contribution in [0.15, 0.2) is 0 Å². The minimum absolute atomic E-state index is 0.211. The Morgan fingerprint density at radius 2 is 1.93 bits per heavy atom. The highest BCUT2D eigenvalue weighted by molar-refractivity contribution is 5.70. The van der Waals surface area contributed by atoms with Crippen molar-refractivity contribution in [2.45, 2.75) is 39.2 Å². The maximum Gasteiger partial charge on any atom is 0.306 e. The van der Waals surface area contributed by atoms with Gasteiger partial charge >= 0.3 is 5.97 Å². The second-order valence-corrected chi connectivity index (χ2v) is 4.12. The first-order valence-corrected chi connectivity index (χ1v) is 4.46. The predicted molar refractivity (Wildman–Crippen MR) is 49.0 cm³/mol. The fourth-order valence-corrected chi connectivity index (χ4v) is 0.873. The van der Waals surface area contributed by atoms with E-state index in [1.807, 2.05) is 0 Å². The SMILES string of the molecule is CC(C)(C)OC(=O)C[C@@H](CN)C(F)F. The van der Waals surface area contributed by atoms with Crippen LogP contribution >= 0.6 is 0 Å². The topological polar surface area (TPSA) is 52.3 Å². The highest BCUT2D eigenvalue weighted by atomic mass is 19.3. The Balaban J connectivity index is 4.04. The van der Waals surface area contributed by atoms with E-state index in [4.69, 9.17) is 10.5 Å². The Hall–Kier alpha value is -0.710. The van der Waals surface area contributed by atoms with Crippen LogP contribution in [-0.4, -0.2) is 24.5 Å². The van der Waals surface area contributed by atoms with E-state index < -0.39 is 23.9 Å². The Morgan fingerprint density at radius 1 is 1.43 bits per heavy atom. The number of hydrogen-bond acceptors (Lipinski definition) is 3. The lowest BCUT2D eigenvalue weighted by atomic mass is 10.1. The molecule has 0 aromatic heterocycles. The summed E-state index contributed by atoms with van der Waals surface area (Å²) >= 11 is 0. The van der Waals surface area contributed by atoms with Crippen molar-refractivity contribution in [2.75, 3.05) is 6.54 Å². The molecule has 0 aromatic carbocycles. The summed E-state index contributed by atoms with van der Waals surface area (Å²) in [6.07, 6.45) is -2.90. The monoisotopic (exact) mass is 209 g/mol. The Kier molecular flexibility index (Phi) is 4.97. The summed E-state index contributed by atoms with van der Waals surface area (Å²) in [5.74, 6) is -1.74. The van der Waals surface area contributed by atoms with Crippen molar-refractivity contribution >= 4 is 5.97 Å². The summed E-state index contributed by atoms with van der Waals surface area (Å²) in [6.45, 7) is 4.84. The molecule has 0 aliphatic rings. The molecule has 0 saturated heterocycles. The van der Waals surface area contributed by atoms with Crippen molar-refractivity contribution in [2.24, 2.45) is 11.7 Å². The largest absolute Gasteiger partial charge is 0.460 e. The van der Waals surface area contributed by atoms with Gasteiger partial charge in [-0.15, -0.1) is 0 Å². The van der Waals surface area contributed by atoms with E-state index in [1.165, 1.54) is 0 Å². The van der Waals surface area contributed by atoms with Gasteiger partial charge in [0.15, 0.2) is 0 Å². The van der Waals surface area contributed by atoms with E-state index >= 15 is 0 Å². The van der Waals surface area contributed by atoms with Crippen LogP contribution in [0.2, 0.25) is 0 Å². The van der Waals surface area contributed by atoms with E-state index in [2.05, 4.69) is 0 Å². The predicted octanol–water partition coefficient (Wildman–Crippen LogP) is 1.56. The van der Waals surface area contributed by atoms with Crippen molar-refractivity contribution < 1.29 is 18.3 Å². The van der Waals surface area contributed by atoms with Gasteiger partial charge in [-0.05, 0) is 20.8 Å². The van der Waals surface area contributed by atoms with Gasteiger partial charge in [0.05, 0.1) is 6.42 Å². The Labute approximate surface area is 82.6 Å². The molecule has 3 nitrogen and oxygen atoms in total. The Bertz CT molecular complexity index is 190. The quantitative estimate of drug-likeness (QED) is 0.715. The highest BCUT2D eigenvalue weighted by Crippen LogP contribution is 2.16. The summed E-state index contributed by atoms with van der Waals surface area (Å²) in [5, 5.41) is 0. The molecule has 0 rings (SSSR count). The van der Waals surface area contributed by atoms with Gasteiger partial charge in [-0.1, -0.05) is 0 Å². The fraction of sp³-hybridized carbons (Fsp3) is 0.889. The third-order valence-corrected chi connectivity index (χ3v) is 1.51. The molecule has 0 spiro atoms. The van der Waals surface area contributed by atoms with E-state index in [9.17, 15) is 13.6 Å². The smallest absolute Gasteiger partial charge is 0.306 e. The average Bonchev–Trinajstić information content (AvgIpc) is 1.96. The zero-order chi connectivity index (χ0) is 11.4. The number of carbonyl (C=O) groups is 1. The molecule has 0 radical (unpaired) electrons. The standard InChI is InChI=1S/C9H17F2NO2/c1-9(2,3)14-7(13)4-6(5-12)8(10)11/h6,8H,4-5,12H2,1-3H3/t6-/m0/s1. The summed E-state index contributed by atoms with van der Waals surface area (Å²) in [4.78, 5) is 11.1. The number of esters is 1. The van der Waals surface area contributed by atoms with Crippen molar-refractivity contribution in [3.8, 4) is 0 Å². The van der Waals surface area contributed by atoms with Crippen LogP contribution < -0.4 is 5.73 Å². The maximum atomic E-state index is 12.2. The first kappa shape index (κ1) is 13.3. The molecule has 14 heavy (non-hydrogen) atoms. The minimum atomic E-state index is -2.58. The zero-order valence-corrected chi connectivity index (χ0v) is 8.72. The van der Waals surface area contributed by atoms with E-state index in [1.54, 1.807) is 20.8 Å². The van der Waals surface area contributed by atoms with E-state index in [0.29, 0.717) is 0 Å². The maximum absolute atomic E-state index is 12.2. The molecule has 1 atom stereocenters. The molecule has 5 heteroatoms. The second-order valence-electron chi connectivity index (χ2n) is 4.12. The third-order valence-electron chi connectivity index (χ3n) is 1.51. The van der Waals surface area contributed by atoms with Crippen LogP contribution in [0.4, 0.5) is 8.78 Å². The number of halogens is 2. The normalized spacial score (nSPS) is 14.2. The van der Waals surface area contributed by atoms with Gasteiger partial charge in [0.2, 0.25) is 6.43 Å². The zero-order valence-electron chi connectivity index (χ0n) is 8.72. The first-order valence-electron chi connectivity index (χ1n) is 4.46. The van der Waals surface area contributed by atoms with Crippen molar-refractivity contribution in [1.29, 1.82) is 0 Å². The van der Waals surface area contributed by atoms with Gasteiger partial charge in [-0.25, -0.2) is 8.78 Å². The van der Waals surface area contributed by atoms with Gasteiger partial charge in [0.25, 0.3) is 0 Å². The summed E-state index contributed by atoms with van der Waals surface area (Å²) in [7, 11) is 0. The van der Waals surface area contributed by atoms with Crippen LogP contribution in [-0.2, 0) is 9.53 Å². The summed E-state index contributed by atoms with van der Waals surface area (Å²) in [5.41, 5.74) is 4.46. The lowest BCUT2D eigenvalue weighted by Gasteiger charge is -2.21. The van der Waals surface area contributed by atoms with Crippen LogP contribution in [0, 0.1) is 5.92 Å². The van der Waals surface area contributed by atoms with E-state index in [0.717, 1.165) is 0 Å². The molecular formula is C9H17F2NO2. The van der Waals surface area contributed by atoms with Crippen LogP contribution in [0.5, 0.6) is 0 Å². The van der Waals surface area contributed by atoms with Crippen molar-refractivity contribution in [1.82, 2.24) is 0 Å². The molecule has 0 heterocycles. The third kappa shape index (κ3) is 5.85. The number of alkyl halides is 2. The molecule has 0 amide bonds. The lowest BCUT2D eigenvalue weighted by molar-refractivity contribution is -0.157. The molecule has 0 aliphatic carbocycles. The number of nitrogens with two attached hydrogens (primary N) is 1. The number of ether oxygens (including phenoxy) is 1. The summed E-state index contributed by atoms with van der Waals surface area (Å²) < 4.78 is 29.3. The lowest BCUT2D eigenvalue weighted by Crippen LogP contribution is -2.29. The van der Waals surface area contributed by atoms with Gasteiger partial charge in [0.1, 0.15) is 5.60 Å². The fourth-order valence-electron chi connectivity index (χ4n) is 0.873. The van der Waals surface area contributed by atoms with Crippen molar-refractivity contribution in [3.63, 3.8) is 0 Å². The highest BCUT2D eigenvalue weighted by Gasteiger charge is 2.25.